The molecule has 0 rings (SSSR count). The van der Waals surface area contributed by atoms with E-state index in [2.05, 4.69) is 6.58 Å². The minimum Gasteiger partial charge on any atom is -0.379 e. The van der Waals surface area contributed by atoms with Gasteiger partial charge in [0, 0.05) is 6.54 Å². The lowest BCUT2D eigenvalue weighted by Crippen LogP contribution is -2.12. The topological polar surface area (TPSA) is 44.5 Å². The van der Waals surface area contributed by atoms with Gasteiger partial charge in [-0.05, 0) is 6.42 Å². The van der Waals surface area contributed by atoms with Crippen LogP contribution in [0.4, 0.5) is 0 Å². The van der Waals surface area contributed by atoms with Crippen molar-refractivity contribution in [1.82, 2.24) is 0 Å². The van der Waals surface area contributed by atoms with Gasteiger partial charge in [-0.1, -0.05) is 6.08 Å². The summed E-state index contributed by atoms with van der Waals surface area (Å²) in [5, 5.41) is 0. The predicted octanol–water partition coefficient (Wildman–Crippen LogP) is 0.554. The van der Waals surface area contributed by atoms with Crippen LogP contribution in [0.2, 0.25) is 0 Å². The second-order valence-electron chi connectivity index (χ2n) is 2.09. The van der Waals surface area contributed by atoms with Gasteiger partial charge in [0.05, 0.1) is 26.4 Å². The number of nitrogens with two attached hydrogens (primary N) is 1. The van der Waals surface area contributed by atoms with E-state index in [-0.39, 0.29) is 0 Å². The Balaban J connectivity index is 2.74. The van der Waals surface area contributed by atoms with Crippen molar-refractivity contribution in [3.05, 3.63) is 12.7 Å². The van der Waals surface area contributed by atoms with E-state index < -0.39 is 0 Å². The molecule has 0 aromatic heterocycles. The van der Waals surface area contributed by atoms with Crippen molar-refractivity contribution in [2.45, 2.75) is 6.42 Å². The summed E-state index contributed by atoms with van der Waals surface area (Å²) in [5.41, 5.74) is 5.21. The van der Waals surface area contributed by atoms with E-state index in [0.717, 1.165) is 13.0 Å². The maximum absolute atomic E-state index is 5.21. The number of hydrogen-bond donors (Lipinski definition) is 1. The van der Waals surface area contributed by atoms with Crippen LogP contribution in [0.25, 0.3) is 0 Å². The first-order valence-corrected chi connectivity index (χ1v) is 3.88. The first-order valence-electron chi connectivity index (χ1n) is 3.88. The van der Waals surface area contributed by atoms with Gasteiger partial charge in [0.1, 0.15) is 0 Å². The summed E-state index contributed by atoms with van der Waals surface area (Å²) in [6.07, 6.45) is 2.73. The normalized spacial score (nSPS) is 9.91. The molecule has 11 heavy (non-hydrogen) atoms. The van der Waals surface area contributed by atoms with Gasteiger partial charge in [-0.15, -0.1) is 6.58 Å². The van der Waals surface area contributed by atoms with Gasteiger partial charge in [-0.3, -0.25) is 0 Å². The molecule has 66 valence electrons. The highest BCUT2D eigenvalue weighted by Crippen LogP contribution is 1.83. The molecule has 0 aromatic carbocycles. The molecule has 0 aliphatic carbocycles. The number of rotatable bonds is 8. The standard InChI is InChI=1S/C8H17NO2/c1-2-3-5-10-7-8-11-6-4-9/h2H,1,3-9H2. The lowest BCUT2D eigenvalue weighted by Gasteiger charge is -2.02. The highest BCUT2D eigenvalue weighted by atomic mass is 16.5. The van der Waals surface area contributed by atoms with Crippen LogP contribution < -0.4 is 5.73 Å². The molecule has 0 saturated carbocycles. The summed E-state index contributed by atoms with van der Waals surface area (Å²) >= 11 is 0. The van der Waals surface area contributed by atoms with Gasteiger partial charge in [-0.25, -0.2) is 0 Å². The molecule has 0 amide bonds. The van der Waals surface area contributed by atoms with Gasteiger partial charge < -0.3 is 15.2 Å². The zero-order valence-corrected chi connectivity index (χ0v) is 6.92. The summed E-state index contributed by atoms with van der Waals surface area (Å²) in [4.78, 5) is 0. The fraction of sp³-hybridized carbons (Fsp3) is 0.750. The van der Waals surface area contributed by atoms with E-state index in [1.54, 1.807) is 0 Å². The van der Waals surface area contributed by atoms with Crippen molar-refractivity contribution in [3.8, 4) is 0 Å². The SMILES string of the molecule is C=CCCOCCOCCN. The molecule has 0 unspecified atom stereocenters. The van der Waals surface area contributed by atoms with Crippen molar-refractivity contribution in [2.24, 2.45) is 5.73 Å². The van der Waals surface area contributed by atoms with Crippen LogP contribution in [-0.2, 0) is 9.47 Å². The summed E-state index contributed by atoms with van der Waals surface area (Å²) in [5.74, 6) is 0. The van der Waals surface area contributed by atoms with E-state index in [1.807, 2.05) is 6.08 Å². The molecule has 0 aromatic rings. The number of hydrogen-bond acceptors (Lipinski definition) is 3. The van der Waals surface area contributed by atoms with Crippen LogP contribution in [0, 0.1) is 0 Å². The van der Waals surface area contributed by atoms with Crippen molar-refractivity contribution < 1.29 is 9.47 Å². The van der Waals surface area contributed by atoms with Gasteiger partial charge >= 0.3 is 0 Å². The predicted molar refractivity (Wildman–Crippen MR) is 45.5 cm³/mol. The minimum absolute atomic E-state index is 0.576. The zero-order chi connectivity index (χ0) is 8.36. The first kappa shape index (κ1) is 10.6. The van der Waals surface area contributed by atoms with E-state index in [9.17, 15) is 0 Å². The van der Waals surface area contributed by atoms with Gasteiger partial charge in [0.2, 0.25) is 0 Å². The molecule has 0 atom stereocenters. The highest BCUT2D eigenvalue weighted by molar-refractivity contribution is 4.64. The van der Waals surface area contributed by atoms with Crippen LogP contribution in [0.1, 0.15) is 6.42 Å². The maximum atomic E-state index is 5.21. The van der Waals surface area contributed by atoms with Crippen molar-refractivity contribution in [1.29, 1.82) is 0 Å². The van der Waals surface area contributed by atoms with Crippen LogP contribution in [0.5, 0.6) is 0 Å². The third-order valence-corrected chi connectivity index (χ3v) is 1.10. The second-order valence-corrected chi connectivity index (χ2v) is 2.09. The Bertz CT molecular complexity index is 86.2. The Hall–Kier alpha value is -0.380. The van der Waals surface area contributed by atoms with Gasteiger partial charge in [0.15, 0.2) is 0 Å². The Morgan fingerprint density at radius 1 is 1.09 bits per heavy atom. The molecule has 0 fully saturated rings. The Morgan fingerprint density at radius 3 is 2.27 bits per heavy atom. The molecular formula is C8H17NO2. The first-order chi connectivity index (χ1) is 5.41. The van der Waals surface area contributed by atoms with Crippen LogP contribution in [0.15, 0.2) is 12.7 Å². The molecule has 0 heterocycles. The lowest BCUT2D eigenvalue weighted by molar-refractivity contribution is 0.0526. The maximum Gasteiger partial charge on any atom is 0.0701 e. The third kappa shape index (κ3) is 9.62. The molecule has 0 radical (unpaired) electrons. The summed E-state index contributed by atoms with van der Waals surface area (Å²) in [7, 11) is 0. The molecule has 2 N–H and O–H groups in total. The largest absolute Gasteiger partial charge is 0.379 e. The van der Waals surface area contributed by atoms with E-state index in [4.69, 9.17) is 15.2 Å². The molecule has 3 heteroatoms. The fourth-order valence-electron chi connectivity index (χ4n) is 0.572. The fourth-order valence-corrected chi connectivity index (χ4v) is 0.572. The van der Waals surface area contributed by atoms with E-state index in [0.29, 0.717) is 26.4 Å². The smallest absolute Gasteiger partial charge is 0.0701 e. The minimum atomic E-state index is 0.576. The monoisotopic (exact) mass is 159 g/mol. The van der Waals surface area contributed by atoms with Gasteiger partial charge in [-0.2, -0.15) is 0 Å². The van der Waals surface area contributed by atoms with E-state index in [1.165, 1.54) is 0 Å². The van der Waals surface area contributed by atoms with Crippen LogP contribution >= 0.6 is 0 Å². The average Bonchev–Trinajstić information content (AvgIpc) is 2.03. The second kappa shape index (κ2) is 9.62. The summed E-state index contributed by atoms with van der Waals surface area (Å²) in [6.45, 7) is 6.78. The molecule has 3 nitrogen and oxygen atoms in total. The van der Waals surface area contributed by atoms with Crippen LogP contribution in [0.3, 0.4) is 0 Å². The van der Waals surface area contributed by atoms with Crippen LogP contribution in [-0.4, -0.2) is 33.0 Å². The molecule has 0 aliphatic heterocycles. The highest BCUT2D eigenvalue weighted by Gasteiger charge is 1.86. The lowest BCUT2D eigenvalue weighted by atomic mass is 10.5. The van der Waals surface area contributed by atoms with Crippen molar-refractivity contribution in [3.63, 3.8) is 0 Å². The van der Waals surface area contributed by atoms with E-state index >= 15 is 0 Å². The molecule has 0 aliphatic rings. The zero-order valence-electron chi connectivity index (χ0n) is 6.92. The summed E-state index contributed by atoms with van der Waals surface area (Å²) < 4.78 is 10.3. The molecule has 0 saturated heterocycles. The molecule has 0 spiro atoms. The molecular weight excluding hydrogens is 142 g/mol. The quantitative estimate of drug-likeness (QED) is 0.415. The Kier molecular flexibility index (Phi) is 9.29. The summed E-state index contributed by atoms with van der Waals surface area (Å²) in [6, 6.07) is 0. The Morgan fingerprint density at radius 2 is 1.73 bits per heavy atom. The van der Waals surface area contributed by atoms with Crippen molar-refractivity contribution >= 4 is 0 Å². The average molecular weight is 159 g/mol. The molecule has 0 bridgehead atoms. The van der Waals surface area contributed by atoms with Crippen molar-refractivity contribution in [2.75, 3.05) is 33.0 Å². The third-order valence-electron chi connectivity index (χ3n) is 1.10. The number of ether oxygens (including phenoxy) is 2. The van der Waals surface area contributed by atoms with Gasteiger partial charge in [0.25, 0.3) is 0 Å². The Labute approximate surface area is 68.2 Å².